The smallest absolute Gasteiger partial charge is 0.255 e. The minimum Gasteiger partial charge on any atom is -0.508 e. The van der Waals surface area contributed by atoms with Crippen molar-refractivity contribution in [3.8, 4) is 22.8 Å². The maximum atomic E-state index is 14.1. The number of aliphatic hydroxyl groups is 3. The fourth-order valence-electron chi connectivity index (χ4n) is 6.65. The van der Waals surface area contributed by atoms with E-state index in [-0.39, 0.29) is 41.2 Å². The lowest BCUT2D eigenvalue weighted by atomic mass is 9.57. The van der Waals surface area contributed by atoms with Gasteiger partial charge < -0.3 is 35.8 Å². The minimum absolute atomic E-state index is 0.00612. The predicted octanol–water partition coefficient (Wildman–Crippen LogP) is 1.10. The zero-order chi connectivity index (χ0) is 30.1. The molecule has 1 aromatic carbocycles. The number of phenolic OH excluding ortho intramolecular Hbond substituents is 1. The number of Topliss-reactive ketones (excluding diaryl/α,β-unsaturated/α-hetero) is 2. The summed E-state index contributed by atoms with van der Waals surface area (Å²) in [5.41, 5.74) is 3.56. The molecule has 3 aliphatic carbocycles. The van der Waals surface area contributed by atoms with Gasteiger partial charge in [0, 0.05) is 48.6 Å². The summed E-state index contributed by atoms with van der Waals surface area (Å²) in [6.45, 7) is 0. The van der Waals surface area contributed by atoms with Crippen LogP contribution in [0.2, 0.25) is 0 Å². The molecule has 5 rings (SSSR count). The van der Waals surface area contributed by atoms with Crippen LogP contribution in [0.1, 0.15) is 17.5 Å². The van der Waals surface area contributed by atoms with Crippen LogP contribution >= 0.6 is 0 Å². The molecule has 2 aromatic rings. The summed E-state index contributed by atoms with van der Waals surface area (Å²) in [5, 5.41) is 46.0. The molecule has 0 spiro atoms. The van der Waals surface area contributed by atoms with Crippen molar-refractivity contribution in [2.24, 2.45) is 17.6 Å². The maximum Gasteiger partial charge on any atom is 0.255 e. The molecule has 1 heterocycles. The van der Waals surface area contributed by atoms with E-state index in [2.05, 4.69) is 4.98 Å². The van der Waals surface area contributed by atoms with Crippen LogP contribution in [-0.4, -0.2) is 94.7 Å². The normalized spacial score (nSPS) is 25.6. The molecule has 6 N–H and O–H groups in total. The highest BCUT2D eigenvalue weighted by Gasteiger charge is 2.64. The van der Waals surface area contributed by atoms with Crippen molar-refractivity contribution in [3.05, 3.63) is 52.4 Å². The van der Waals surface area contributed by atoms with Gasteiger partial charge in [0.25, 0.3) is 5.91 Å². The van der Waals surface area contributed by atoms with Crippen LogP contribution in [0.25, 0.3) is 16.9 Å². The van der Waals surface area contributed by atoms with Crippen LogP contribution in [0, 0.1) is 11.8 Å². The van der Waals surface area contributed by atoms with Crippen molar-refractivity contribution in [3.63, 3.8) is 0 Å². The molecule has 3 aliphatic rings. The van der Waals surface area contributed by atoms with E-state index in [9.17, 15) is 34.8 Å². The summed E-state index contributed by atoms with van der Waals surface area (Å²) in [6, 6.07) is 3.95. The summed E-state index contributed by atoms with van der Waals surface area (Å²) in [6.07, 6.45) is 1.72. The topological polar surface area (TPSA) is 187 Å². The number of aliphatic hydroxyl groups excluding tert-OH is 2. The SMILES string of the molecule is COc1ncccc1-c1cc(N(C)C)c2c(c1O)C(O)=C1C(=O)C3(O)C(O)=C(C(N)=O)C(=O)C(N(C)C)C3CC1C2. The Bertz CT molecular complexity index is 1580. The number of primary amides is 1. The number of hydrogen-bond donors (Lipinski definition) is 5. The van der Waals surface area contributed by atoms with Gasteiger partial charge in [-0.2, -0.15) is 0 Å². The molecular formula is C29H32N4O8. The van der Waals surface area contributed by atoms with Gasteiger partial charge in [0.2, 0.25) is 11.7 Å². The number of ether oxygens (including phenoxy) is 1. The van der Waals surface area contributed by atoms with Crippen LogP contribution in [-0.2, 0) is 20.8 Å². The van der Waals surface area contributed by atoms with Crippen molar-refractivity contribution in [2.45, 2.75) is 24.5 Å². The first-order valence-corrected chi connectivity index (χ1v) is 13.0. The Labute approximate surface area is 236 Å². The van der Waals surface area contributed by atoms with Crippen LogP contribution in [0.4, 0.5) is 5.69 Å². The van der Waals surface area contributed by atoms with Gasteiger partial charge in [0.1, 0.15) is 22.8 Å². The molecule has 4 atom stereocenters. The number of ketones is 2. The number of pyridine rings is 1. The Morgan fingerprint density at radius 3 is 2.41 bits per heavy atom. The number of benzene rings is 1. The van der Waals surface area contributed by atoms with E-state index in [4.69, 9.17) is 10.5 Å². The number of fused-ring (bicyclic) bond motifs is 3. The highest BCUT2D eigenvalue weighted by atomic mass is 16.5. The van der Waals surface area contributed by atoms with Crippen molar-refractivity contribution in [1.29, 1.82) is 0 Å². The van der Waals surface area contributed by atoms with E-state index in [1.165, 1.54) is 18.2 Å². The fourth-order valence-corrected chi connectivity index (χ4v) is 6.65. The molecule has 1 fully saturated rings. The number of amides is 1. The third-order valence-electron chi connectivity index (χ3n) is 8.43. The Morgan fingerprint density at radius 2 is 1.83 bits per heavy atom. The summed E-state index contributed by atoms with van der Waals surface area (Å²) < 4.78 is 5.38. The molecule has 1 amide bonds. The number of hydrogen-bond acceptors (Lipinski definition) is 11. The second-order valence-electron chi connectivity index (χ2n) is 11.1. The molecule has 12 nitrogen and oxygen atoms in total. The first-order valence-electron chi connectivity index (χ1n) is 13.0. The van der Waals surface area contributed by atoms with Crippen LogP contribution in [0.15, 0.2) is 41.3 Å². The number of nitrogens with two attached hydrogens (primary N) is 1. The van der Waals surface area contributed by atoms with Gasteiger partial charge >= 0.3 is 0 Å². The van der Waals surface area contributed by atoms with Gasteiger partial charge in [-0.05, 0) is 56.6 Å². The molecule has 41 heavy (non-hydrogen) atoms. The summed E-state index contributed by atoms with van der Waals surface area (Å²) in [4.78, 5) is 47.0. The van der Waals surface area contributed by atoms with Crippen molar-refractivity contribution in [1.82, 2.24) is 9.88 Å². The number of methoxy groups -OCH3 is 1. The van der Waals surface area contributed by atoms with Gasteiger partial charge in [-0.15, -0.1) is 0 Å². The fraction of sp³-hybridized carbons (Fsp3) is 0.379. The second-order valence-corrected chi connectivity index (χ2v) is 11.1. The average molecular weight is 565 g/mol. The number of aromatic hydroxyl groups is 1. The molecule has 12 heteroatoms. The molecule has 0 bridgehead atoms. The van der Waals surface area contributed by atoms with Crippen LogP contribution in [0.3, 0.4) is 0 Å². The molecule has 0 saturated heterocycles. The molecule has 0 aliphatic heterocycles. The number of aromatic nitrogens is 1. The van der Waals surface area contributed by atoms with E-state index >= 15 is 0 Å². The monoisotopic (exact) mass is 564 g/mol. The minimum atomic E-state index is -2.70. The highest BCUT2D eigenvalue weighted by molar-refractivity contribution is 6.24. The summed E-state index contributed by atoms with van der Waals surface area (Å²) >= 11 is 0. The number of carbonyl (C=O) groups is 3. The average Bonchev–Trinajstić information content (AvgIpc) is 2.90. The largest absolute Gasteiger partial charge is 0.508 e. The standard InChI is InChI=1S/C29H32N4O8/c1-32(2)17-11-14(13-7-6-8-31-28(13)41-5)22(34)19-15(17)9-12-10-16-21(33(3)4)24(36)20(27(30)39)26(38)29(16,40)25(37)18(12)23(19)35/h6-8,11-12,16,21,34-35,38,40H,9-10H2,1-5H3,(H2,30,39). The van der Waals surface area contributed by atoms with E-state index in [0.29, 0.717) is 16.8 Å². The molecule has 0 radical (unpaired) electrons. The van der Waals surface area contributed by atoms with Crippen LogP contribution in [0.5, 0.6) is 11.6 Å². The lowest BCUT2D eigenvalue weighted by molar-refractivity contribution is -0.153. The first kappa shape index (κ1) is 28.1. The molecule has 216 valence electrons. The number of carbonyl (C=O) groups excluding carboxylic acids is 3. The van der Waals surface area contributed by atoms with Gasteiger partial charge in [0.05, 0.1) is 18.7 Å². The second kappa shape index (κ2) is 9.60. The molecule has 4 unspecified atom stereocenters. The number of rotatable bonds is 5. The Morgan fingerprint density at radius 1 is 1.15 bits per heavy atom. The predicted molar refractivity (Wildman–Crippen MR) is 148 cm³/mol. The molecular weight excluding hydrogens is 532 g/mol. The summed E-state index contributed by atoms with van der Waals surface area (Å²) in [7, 11) is 8.15. The first-order chi connectivity index (χ1) is 19.3. The van der Waals surface area contributed by atoms with Gasteiger partial charge in [0.15, 0.2) is 11.4 Å². The lowest BCUT2D eigenvalue weighted by Crippen LogP contribution is -2.65. The van der Waals surface area contributed by atoms with Gasteiger partial charge in [-0.3, -0.25) is 19.3 Å². The number of anilines is 1. The third-order valence-corrected chi connectivity index (χ3v) is 8.43. The number of nitrogens with zero attached hydrogens (tertiary/aromatic N) is 3. The zero-order valence-electron chi connectivity index (χ0n) is 23.3. The van der Waals surface area contributed by atoms with Crippen LogP contribution < -0.4 is 15.4 Å². The van der Waals surface area contributed by atoms with Gasteiger partial charge in [-0.1, -0.05) is 0 Å². The van der Waals surface area contributed by atoms with Gasteiger partial charge in [-0.25, -0.2) is 4.98 Å². The Balaban J connectivity index is 1.79. The lowest BCUT2D eigenvalue weighted by Gasteiger charge is -2.50. The maximum absolute atomic E-state index is 14.1. The molecule has 1 saturated carbocycles. The van der Waals surface area contributed by atoms with Crippen molar-refractivity contribution in [2.75, 3.05) is 40.2 Å². The number of likely N-dealkylation sites (N-methyl/N-ethyl adjacent to an activating group) is 1. The van der Waals surface area contributed by atoms with Crippen molar-refractivity contribution >= 4 is 28.9 Å². The Hall–Kier alpha value is -4.42. The van der Waals surface area contributed by atoms with E-state index in [0.717, 1.165) is 0 Å². The van der Waals surface area contributed by atoms with E-state index in [1.807, 2.05) is 4.90 Å². The van der Waals surface area contributed by atoms with E-state index in [1.54, 1.807) is 46.4 Å². The Kier molecular flexibility index (Phi) is 6.58. The third kappa shape index (κ3) is 3.81. The quantitative estimate of drug-likeness (QED) is 0.327. The highest BCUT2D eigenvalue weighted by Crippen LogP contribution is 2.55. The zero-order valence-corrected chi connectivity index (χ0v) is 23.3. The van der Waals surface area contributed by atoms with Crippen molar-refractivity contribution < 1.29 is 39.5 Å². The molecule has 1 aromatic heterocycles. The number of phenols is 1. The van der Waals surface area contributed by atoms with E-state index < -0.39 is 58.0 Å². The summed E-state index contributed by atoms with van der Waals surface area (Å²) in [5.74, 6) is -6.74.